The second kappa shape index (κ2) is 67.9. The molecule has 3 unspecified atom stereocenters. The van der Waals surface area contributed by atoms with Crippen molar-refractivity contribution in [1.82, 2.24) is 0 Å². The number of carbonyl (C=O) groups is 4. The number of carbonyl (C=O) groups excluding carboxylic acids is 4. The Kier molecular flexibility index (Phi) is 66.5. The summed E-state index contributed by atoms with van der Waals surface area (Å²) in [5.74, 6) is -0.550. The molecule has 0 aliphatic rings. The molecule has 6 atom stereocenters. The van der Waals surface area contributed by atoms with Crippen LogP contribution in [0.2, 0.25) is 0 Å². The summed E-state index contributed by atoms with van der Waals surface area (Å²) in [5, 5.41) is 10.6. The minimum atomic E-state index is -4.96. The van der Waals surface area contributed by atoms with Gasteiger partial charge in [-0.2, -0.15) is 0 Å². The maximum atomic E-state index is 13.1. The van der Waals surface area contributed by atoms with Crippen molar-refractivity contribution in [3.05, 3.63) is 0 Å². The van der Waals surface area contributed by atoms with Crippen molar-refractivity contribution < 1.29 is 80.2 Å². The fourth-order valence-corrected chi connectivity index (χ4v) is 13.2. The quantitative estimate of drug-likeness (QED) is 0.0222. The van der Waals surface area contributed by atoms with Crippen LogP contribution in [0.3, 0.4) is 0 Å². The maximum absolute atomic E-state index is 13.1. The third kappa shape index (κ3) is 69.0. The first-order chi connectivity index (χ1) is 45.9. The van der Waals surface area contributed by atoms with E-state index in [0.717, 1.165) is 108 Å². The van der Waals surface area contributed by atoms with Crippen LogP contribution >= 0.6 is 15.6 Å². The fourth-order valence-electron chi connectivity index (χ4n) is 11.6. The first-order valence-electron chi connectivity index (χ1n) is 39.5. The van der Waals surface area contributed by atoms with Crippen molar-refractivity contribution in [2.24, 2.45) is 11.8 Å². The van der Waals surface area contributed by atoms with Gasteiger partial charge < -0.3 is 33.8 Å². The normalized spacial score (nSPS) is 14.3. The summed E-state index contributed by atoms with van der Waals surface area (Å²) in [6.45, 7) is 9.53. The zero-order valence-corrected chi connectivity index (χ0v) is 63.8. The van der Waals surface area contributed by atoms with Gasteiger partial charge in [0.25, 0.3) is 0 Å². The highest BCUT2D eigenvalue weighted by molar-refractivity contribution is 7.47. The van der Waals surface area contributed by atoms with E-state index >= 15 is 0 Å². The molecular weight excluding hydrogens is 1250 g/mol. The van der Waals surface area contributed by atoms with Crippen molar-refractivity contribution in [2.45, 2.75) is 413 Å². The second-order valence-electron chi connectivity index (χ2n) is 28.1. The molecule has 0 aromatic heterocycles. The summed E-state index contributed by atoms with van der Waals surface area (Å²) < 4.78 is 68.3. The van der Waals surface area contributed by atoms with E-state index in [4.69, 9.17) is 37.0 Å². The molecule has 0 saturated carbocycles. The molecule has 0 rings (SSSR count). The van der Waals surface area contributed by atoms with Crippen LogP contribution < -0.4 is 0 Å². The number of unbranched alkanes of at least 4 members (excludes halogenated alkanes) is 44. The van der Waals surface area contributed by atoms with Gasteiger partial charge in [0.15, 0.2) is 12.2 Å². The molecule has 0 aromatic rings. The number of phosphoric acid groups is 2. The van der Waals surface area contributed by atoms with Gasteiger partial charge in [-0.05, 0) is 37.5 Å². The molecule has 0 heterocycles. The van der Waals surface area contributed by atoms with Gasteiger partial charge >= 0.3 is 39.5 Å². The Hall–Kier alpha value is -1.94. The molecule has 0 spiro atoms. The Labute approximate surface area is 581 Å². The Morgan fingerprint density at radius 3 is 0.800 bits per heavy atom. The van der Waals surface area contributed by atoms with Gasteiger partial charge in [0.1, 0.15) is 19.3 Å². The zero-order chi connectivity index (χ0) is 70.0. The highest BCUT2D eigenvalue weighted by Crippen LogP contribution is 2.45. The van der Waals surface area contributed by atoms with E-state index in [0.29, 0.717) is 25.7 Å². The van der Waals surface area contributed by atoms with Crippen LogP contribution in [0.5, 0.6) is 0 Å². The maximum Gasteiger partial charge on any atom is 0.472 e. The molecule has 564 valence electrons. The van der Waals surface area contributed by atoms with Crippen molar-refractivity contribution in [3.8, 4) is 0 Å². The number of esters is 4. The topological polar surface area (TPSA) is 237 Å². The molecule has 0 aliphatic carbocycles. The number of aliphatic hydroxyl groups excluding tert-OH is 1. The predicted molar refractivity (Wildman–Crippen MR) is 386 cm³/mol. The van der Waals surface area contributed by atoms with Crippen molar-refractivity contribution in [3.63, 3.8) is 0 Å². The summed E-state index contributed by atoms with van der Waals surface area (Å²) in [5.41, 5.74) is 0. The van der Waals surface area contributed by atoms with Crippen LogP contribution in [-0.4, -0.2) is 96.7 Å². The smallest absolute Gasteiger partial charge is 0.462 e. The molecule has 0 aromatic carbocycles. The highest BCUT2D eigenvalue weighted by atomic mass is 31.2. The Morgan fingerprint density at radius 1 is 0.305 bits per heavy atom. The van der Waals surface area contributed by atoms with Crippen LogP contribution in [0.4, 0.5) is 0 Å². The number of ether oxygens (including phenoxy) is 4. The van der Waals surface area contributed by atoms with E-state index in [-0.39, 0.29) is 25.7 Å². The molecular formula is C76H148O17P2. The van der Waals surface area contributed by atoms with Crippen LogP contribution in [0.25, 0.3) is 0 Å². The minimum Gasteiger partial charge on any atom is -0.462 e. The SMILES string of the molecule is CCCCCCCCCCCCCCCCCCCCCC(=O)OC[C@H](COP(=O)(O)OC[C@@H](O)COP(=O)(O)OC[C@@H](COC(=O)CCCCCCC)OC(=O)CCCCCCCCCCC(C)CC)OC(=O)CCCCCCCCCCCCCCCCCCC(C)C. The molecule has 17 nitrogen and oxygen atoms in total. The summed E-state index contributed by atoms with van der Waals surface area (Å²) in [6, 6.07) is 0. The average molecular weight is 1400 g/mol. The number of rotatable bonds is 75. The molecule has 0 bridgehead atoms. The second-order valence-corrected chi connectivity index (χ2v) is 31.0. The lowest BCUT2D eigenvalue weighted by atomic mass is 9.99. The number of phosphoric ester groups is 2. The summed E-state index contributed by atoms with van der Waals surface area (Å²) in [4.78, 5) is 72.5. The largest absolute Gasteiger partial charge is 0.472 e. The van der Waals surface area contributed by atoms with Gasteiger partial charge in [0.05, 0.1) is 26.4 Å². The Morgan fingerprint density at radius 2 is 0.537 bits per heavy atom. The average Bonchev–Trinajstić information content (AvgIpc) is 1.27. The monoisotopic (exact) mass is 1400 g/mol. The third-order valence-corrected chi connectivity index (χ3v) is 20.0. The van der Waals surface area contributed by atoms with Crippen LogP contribution in [0.15, 0.2) is 0 Å². The lowest BCUT2D eigenvalue weighted by Crippen LogP contribution is -2.30. The molecule has 95 heavy (non-hydrogen) atoms. The Balaban J connectivity index is 5.13. The molecule has 0 saturated heterocycles. The molecule has 3 N–H and O–H groups in total. The summed E-state index contributed by atoms with van der Waals surface area (Å²) >= 11 is 0. The van der Waals surface area contributed by atoms with E-state index in [9.17, 15) is 43.2 Å². The molecule has 19 heteroatoms. The van der Waals surface area contributed by atoms with Gasteiger partial charge in [-0.1, -0.05) is 343 Å². The van der Waals surface area contributed by atoms with Crippen molar-refractivity contribution in [2.75, 3.05) is 39.6 Å². The first kappa shape index (κ1) is 93.1. The Bertz CT molecular complexity index is 1840. The lowest BCUT2D eigenvalue weighted by molar-refractivity contribution is -0.161. The highest BCUT2D eigenvalue weighted by Gasteiger charge is 2.30. The van der Waals surface area contributed by atoms with Gasteiger partial charge in [0.2, 0.25) is 0 Å². The van der Waals surface area contributed by atoms with Crippen molar-refractivity contribution >= 4 is 39.5 Å². The van der Waals surface area contributed by atoms with Gasteiger partial charge in [-0.25, -0.2) is 9.13 Å². The first-order valence-corrected chi connectivity index (χ1v) is 42.5. The van der Waals surface area contributed by atoms with Crippen molar-refractivity contribution in [1.29, 1.82) is 0 Å². The number of hydrogen-bond donors (Lipinski definition) is 3. The minimum absolute atomic E-state index is 0.104. The van der Waals surface area contributed by atoms with E-state index in [1.807, 2.05) is 0 Å². The molecule has 0 aliphatic heterocycles. The lowest BCUT2D eigenvalue weighted by Gasteiger charge is -2.21. The van der Waals surface area contributed by atoms with Crippen LogP contribution in [0.1, 0.15) is 395 Å². The van der Waals surface area contributed by atoms with E-state index in [2.05, 4.69) is 41.5 Å². The van der Waals surface area contributed by atoms with E-state index in [1.165, 1.54) is 205 Å². The van der Waals surface area contributed by atoms with Crippen LogP contribution in [-0.2, 0) is 65.4 Å². The molecule has 0 radical (unpaired) electrons. The molecule has 0 fully saturated rings. The standard InChI is InChI=1S/C76H148O17P2/c1-7-10-12-14-15-16-17-18-19-20-21-22-26-29-32-35-41-47-53-59-74(79)87-65-72(93-75(80)60-54-48-42-36-33-30-27-24-23-25-28-31-34-39-45-50-56-68(4)5)67-91-95(84,85)89-63-70(77)62-88-94(82,83)90-66-71(64-86-73(78)58-52-44-13-11-8-2)92-76(81)61-55-49-43-38-37-40-46-51-57-69(6)9-3/h68-72,77H,7-67H2,1-6H3,(H,82,83)(H,84,85)/t69?,70-,71+,72+/m0/s1. The number of aliphatic hydroxyl groups is 1. The van der Waals surface area contributed by atoms with Gasteiger partial charge in [0, 0.05) is 25.7 Å². The zero-order valence-electron chi connectivity index (χ0n) is 62.0. The number of hydrogen-bond acceptors (Lipinski definition) is 15. The van der Waals surface area contributed by atoms with E-state index < -0.39 is 97.5 Å². The molecule has 0 amide bonds. The van der Waals surface area contributed by atoms with Gasteiger partial charge in [-0.15, -0.1) is 0 Å². The third-order valence-electron chi connectivity index (χ3n) is 18.1. The van der Waals surface area contributed by atoms with Crippen LogP contribution in [0, 0.1) is 11.8 Å². The van der Waals surface area contributed by atoms with E-state index in [1.54, 1.807) is 0 Å². The predicted octanol–water partition coefficient (Wildman–Crippen LogP) is 22.3. The fraction of sp³-hybridized carbons (Fsp3) is 0.947. The summed E-state index contributed by atoms with van der Waals surface area (Å²) in [6.07, 6.45) is 56.0. The summed E-state index contributed by atoms with van der Waals surface area (Å²) in [7, 11) is -9.90. The van der Waals surface area contributed by atoms with Gasteiger partial charge in [-0.3, -0.25) is 37.3 Å².